The summed E-state index contributed by atoms with van der Waals surface area (Å²) in [7, 11) is 0. The van der Waals surface area contributed by atoms with Gasteiger partial charge in [-0.05, 0) is 0 Å². The predicted octanol–water partition coefficient (Wildman–Crippen LogP) is 0.944. The molecule has 4 aromatic carbocycles. The summed E-state index contributed by atoms with van der Waals surface area (Å²) in [5.41, 5.74) is 2.50. The minimum absolute atomic E-state index is 0. The Bertz CT molecular complexity index is 920. The molecule has 0 atom stereocenters. The van der Waals surface area contributed by atoms with Gasteiger partial charge in [0.05, 0.1) is 0 Å². The number of benzene rings is 4. The van der Waals surface area contributed by atoms with Gasteiger partial charge in [-0.15, -0.1) is 0 Å². The second-order valence-electron chi connectivity index (χ2n) is 6.18. The summed E-state index contributed by atoms with van der Waals surface area (Å²) in [5.74, 6) is 0. The van der Waals surface area contributed by atoms with E-state index in [0.717, 1.165) is 0 Å². The minimum atomic E-state index is -2.48. The number of hydrogen-bond acceptors (Lipinski definition) is 0. The van der Waals surface area contributed by atoms with E-state index in [1.165, 1.54) is 23.8 Å². The monoisotopic (exact) mass is 498 g/mol. The maximum Gasteiger partial charge on any atom is -1.00 e. The van der Waals surface area contributed by atoms with Crippen molar-refractivity contribution >= 4 is 37.4 Å². The van der Waals surface area contributed by atoms with E-state index >= 15 is 0 Å². The van der Waals surface area contributed by atoms with Crippen LogP contribution in [0.25, 0.3) is 10.8 Å². The van der Waals surface area contributed by atoms with Crippen molar-refractivity contribution in [1.29, 1.82) is 0 Å². The summed E-state index contributed by atoms with van der Waals surface area (Å²) in [4.78, 5) is 0. The number of rotatable bonds is 3. The largest absolute Gasteiger partial charge is 1.00 e. The van der Waals surface area contributed by atoms with E-state index in [-0.39, 0.29) is 24.0 Å². The fraction of sp³-hybridized carbons (Fsp3) is 0.0435. The van der Waals surface area contributed by atoms with Crippen LogP contribution >= 0.6 is 0 Å². The molecule has 0 aromatic heterocycles. The molecule has 124 valence electrons. The molecule has 4 aromatic rings. The van der Waals surface area contributed by atoms with Crippen molar-refractivity contribution in [3.63, 3.8) is 0 Å². The molecule has 0 spiro atoms. The van der Waals surface area contributed by atoms with Gasteiger partial charge in [0.1, 0.15) is 0 Å². The van der Waals surface area contributed by atoms with Crippen molar-refractivity contribution in [3.05, 3.63) is 103 Å². The topological polar surface area (TPSA) is 0 Å². The van der Waals surface area contributed by atoms with Gasteiger partial charge in [0, 0.05) is 0 Å². The Morgan fingerprint density at radius 2 is 1.00 bits per heavy atom. The molecule has 0 heterocycles. The first kappa shape index (κ1) is 18.2. The smallest absolute Gasteiger partial charge is 1.00 e. The first-order chi connectivity index (χ1) is 11.8. The van der Waals surface area contributed by atoms with E-state index in [9.17, 15) is 0 Å². The molecule has 0 fully saturated rings. The molecule has 0 aliphatic carbocycles. The van der Waals surface area contributed by atoms with Crippen LogP contribution in [-0.2, 0) is 0 Å². The number of hydrogen-bond donors (Lipinski definition) is 0. The third-order valence-corrected chi connectivity index (χ3v) is 13.2. The van der Waals surface area contributed by atoms with Crippen molar-refractivity contribution < 1.29 is 24.0 Å². The van der Waals surface area contributed by atoms with E-state index in [4.69, 9.17) is 0 Å². The Labute approximate surface area is 169 Å². The van der Waals surface area contributed by atoms with Gasteiger partial charge >= 0.3 is 146 Å². The molecule has 0 N–H and O–H groups in total. The first-order valence-electron chi connectivity index (χ1n) is 8.26. The van der Waals surface area contributed by atoms with Crippen LogP contribution in [0.4, 0.5) is 0 Å². The molecular formula is C23H20AsI. The molecule has 25 heavy (non-hydrogen) atoms. The second kappa shape index (κ2) is 7.76. The van der Waals surface area contributed by atoms with Gasteiger partial charge in [-0.25, -0.2) is 0 Å². The Kier molecular flexibility index (Phi) is 5.66. The average Bonchev–Trinajstić information content (AvgIpc) is 2.68. The third-order valence-electron chi connectivity index (χ3n) is 4.79. The predicted molar refractivity (Wildman–Crippen MR) is 107 cm³/mol. The van der Waals surface area contributed by atoms with Crippen molar-refractivity contribution in [1.82, 2.24) is 0 Å². The number of fused-ring (bicyclic) bond motifs is 1. The van der Waals surface area contributed by atoms with E-state index < -0.39 is 13.6 Å². The summed E-state index contributed by atoms with van der Waals surface area (Å²) >= 11 is -2.48. The maximum absolute atomic E-state index is 2.50. The summed E-state index contributed by atoms with van der Waals surface area (Å²) in [6, 6.07) is 37.7. The van der Waals surface area contributed by atoms with Crippen LogP contribution < -0.4 is 37.0 Å². The summed E-state index contributed by atoms with van der Waals surface area (Å²) in [5, 5.41) is 2.72. The molecular weight excluding hydrogens is 478 g/mol. The molecule has 0 saturated heterocycles. The van der Waals surface area contributed by atoms with E-state index in [1.807, 2.05) is 0 Å². The van der Waals surface area contributed by atoms with Gasteiger partial charge < -0.3 is 24.0 Å². The van der Waals surface area contributed by atoms with Crippen LogP contribution in [0.1, 0.15) is 0 Å². The van der Waals surface area contributed by atoms with Crippen molar-refractivity contribution in [2.24, 2.45) is 0 Å². The zero-order chi connectivity index (χ0) is 16.4. The third kappa shape index (κ3) is 3.28. The fourth-order valence-corrected chi connectivity index (χ4v) is 10.7. The van der Waals surface area contributed by atoms with Crippen LogP contribution in [-0.4, -0.2) is 13.6 Å². The molecule has 0 radical (unpaired) electrons. The molecule has 4 rings (SSSR count). The normalized spacial score (nSPS) is 11.1. The summed E-state index contributed by atoms with van der Waals surface area (Å²) in [6.45, 7) is 0. The van der Waals surface area contributed by atoms with Gasteiger partial charge in [0.2, 0.25) is 0 Å². The SMILES string of the molecule is C[As+](c1ccccc1)(c1ccccc1)c1cccc2ccccc12.[I-]. The van der Waals surface area contributed by atoms with Crippen LogP contribution in [0.5, 0.6) is 0 Å². The van der Waals surface area contributed by atoms with E-state index in [0.29, 0.717) is 0 Å². The van der Waals surface area contributed by atoms with Crippen LogP contribution in [0.2, 0.25) is 5.71 Å². The quantitative estimate of drug-likeness (QED) is 0.292. The maximum atomic E-state index is 2.50. The van der Waals surface area contributed by atoms with Gasteiger partial charge in [0.15, 0.2) is 0 Å². The van der Waals surface area contributed by atoms with Gasteiger partial charge in [-0.1, -0.05) is 0 Å². The van der Waals surface area contributed by atoms with Crippen molar-refractivity contribution in [2.45, 2.75) is 5.71 Å². The Morgan fingerprint density at radius 1 is 0.520 bits per heavy atom. The zero-order valence-electron chi connectivity index (χ0n) is 14.1. The minimum Gasteiger partial charge on any atom is -1.00 e. The van der Waals surface area contributed by atoms with Crippen LogP contribution in [0, 0.1) is 0 Å². The Balaban J connectivity index is 0.00000182. The van der Waals surface area contributed by atoms with Gasteiger partial charge in [-0.3, -0.25) is 0 Å². The van der Waals surface area contributed by atoms with Gasteiger partial charge in [-0.2, -0.15) is 0 Å². The second-order valence-corrected chi connectivity index (χ2v) is 13.6. The molecule has 0 aliphatic heterocycles. The van der Waals surface area contributed by atoms with Crippen LogP contribution in [0.3, 0.4) is 0 Å². The van der Waals surface area contributed by atoms with Crippen LogP contribution in [0.15, 0.2) is 103 Å². The summed E-state index contributed by atoms with van der Waals surface area (Å²) < 4.78 is 4.49. The summed E-state index contributed by atoms with van der Waals surface area (Å²) in [6.07, 6.45) is 0. The van der Waals surface area contributed by atoms with Gasteiger partial charge in [0.25, 0.3) is 0 Å². The molecule has 0 unspecified atom stereocenters. The van der Waals surface area contributed by atoms with E-state index in [2.05, 4.69) is 109 Å². The molecule has 0 saturated carbocycles. The zero-order valence-corrected chi connectivity index (χ0v) is 18.2. The molecule has 0 aliphatic rings. The molecule has 0 amide bonds. The average molecular weight is 498 g/mol. The fourth-order valence-electron chi connectivity index (χ4n) is 3.48. The van der Waals surface area contributed by atoms with E-state index in [1.54, 1.807) is 0 Å². The van der Waals surface area contributed by atoms with Crippen molar-refractivity contribution in [3.8, 4) is 0 Å². The Hall–Kier alpha value is -1.57. The number of halogens is 1. The standard InChI is InChI=1S/C23H20As.HI/c1-24(20-13-4-2-5-14-20,21-15-6-3-7-16-21)23-18-10-12-19-11-8-9-17-22(19)23;/h2-18H,1H3;1H/q+1;/p-1. The first-order valence-corrected chi connectivity index (χ1v) is 13.0. The van der Waals surface area contributed by atoms with Crippen molar-refractivity contribution in [2.75, 3.05) is 0 Å². The molecule has 0 nitrogen and oxygen atoms in total. The Morgan fingerprint density at radius 3 is 1.60 bits per heavy atom. The molecule has 2 heteroatoms. The molecule has 0 bridgehead atoms.